The zero-order valence-electron chi connectivity index (χ0n) is 16.2. The van der Waals surface area contributed by atoms with Crippen molar-refractivity contribution in [1.82, 2.24) is 5.32 Å². The summed E-state index contributed by atoms with van der Waals surface area (Å²) in [5.74, 6) is 2.75. The van der Waals surface area contributed by atoms with Crippen LogP contribution in [0.4, 0.5) is 5.69 Å². The molecule has 4 nitrogen and oxygen atoms in total. The lowest BCUT2D eigenvalue weighted by atomic mass is 9.48. The highest BCUT2D eigenvalue weighted by Crippen LogP contribution is 2.61. The van der Waals surface area contributed by atoms with Crippen LogP contribution in [-0.4, -0.2) is 24.4 Å². The first-order valence-electron chi connectivity index (χ1n) is 10.7. The lowest BCUT2D eigenvalue weighted by molar-refractivity contribution is -0.117. The summed E-state index contributed by atoms with van der Waals surface area (Å²) in [6, 6.07) is 7.78. The molecule has 1 aromatic carbocycles. The maximum absolute atomic E-state index is 13.2. The molecule has 0 unspecified atom stereocenters. The normalized spacial score (nSPS) is 35.5. The van der Waals surface area contributed by atoms with E-state index in [0.29, 0.717) is 23.9 Å². The van der Waals surface area contributed by atoms with E-state index in [2.05, 4.69) is 12.2 Å². The quantitative estimate of drug-likeness (QED) is 0.870. The minimum atomic E-state index is -0.0199. The van der Waals surface area contributed by atoms with Crippen LogP contribution < -0.4 is 10.2 Å². The molecular formula is C23H30N2O2. The summed E-state index contributed by atoms with van der Waals surface area (Å²) in [6.45, 7) is 2.93. The van der Waals surface area contributed by atoms with Gasteiger partial charge in [-0.15, -0.1) is 0 Å². The Labute approximate surface area is 161 Å². The first-order valence-corrected chi connectivity index (χ1v) is 10.7. The van der Waals surface area contributed by atoms with Crippen molar-refractivity contribution in [2.75, 3.05) is 11.4 Å². The highest BCUT2D eigenvalue weighted by molar-refractivity contribution is 6.05. The molecule has 1 N–H and O–H groups in total. The van der Waals surface area contributed by atoms with E-state index in [0.717, 1.165) is 29.9 Å². The molecule has 4 aliphatic carbocycles. The molecule has 0 spiro atoms. The van der Waals surface area contributed by atoms with Gasteiger partial charge in [0.25, 0.3) is 5.91 Å². The van der Waals surface area contributed by atoms with Gasteiger partial charge in [0.05, 0.1) is 11.3 Å². The first-order chi connectivity index (χ1) is 13.0. The number of nitrogens with one attached hydrogen (secondary N) is 1. The number of anilines is 1. The molecule has 27 heavy (non-hydrogen) atoms. The van der Waals surface area contributed by atoms with Crippen LogP contribution in [0.2, 0.25) is 0 Å². The van der Waals surface area contributed by atoms with Gasteiger partial charge >= 0.3 is 0 Å². The second-order valence-corrected chi connectivity index (χ2v) is 9.64. The van der Waals surface area contributed by atoms with Gasteiger partial charge in [0, 0.05) is 19.0 Å². The molecule has 1 atom stereocenters. The van der Waals surface area contributed by atoms with Gasteiger partial charge in [-0.2, -0.15) is 0 Å². The molecule has 1 saturated heterocycles. The van der Waals surface area contributed by atoms with Gasteiger partial charge in [0.2, 0.25) is 5.91 Å². The van der Waals surface area contributed by atoms with E-state index in [1.165, 1.54) is 38.5 Å². The predicted molar refractivity (Wildman–Crippen MR) is 106 cm³/mol. The molecule has 2 amide bonds. The molecule has 0 aromatic heterocycles. The van der Waals surface area contributed by atoms with Crippen molar-refractivity contribution in [3.8, 4) is 0 Å². The number of hydrogen-bond donors (Lipinski definition) is 1. The zero-order valence-corrected chi connectivity index (χ0v) is 16.2. The SMILES string of the molecule is C[C@@H](NC(=O)c1ccccc1N1CCCC1=O)C12CC3CC(CC(C3)C1)C2. The highest BCUT2D eigenvalue weighted by Gasteiger charge is 2.53. The standard InChI is InChI=1S/C23H30N2O2/c1-15(23-12-16-9-17(13-23)11-18(10-16)14-23)24-22(27)19-5-2-3-6-20(19)25-8-4-7-21(25)26/h2-3,5-6,15-18H,4,7-14H2,1H3,(H,24,27)/t15-,16?,17?,18?,23?/m1/s1. The minimum Gasteiger partial charge on any atom is -0.349 e. The van der Waals surface area contributed by atoms with E-state index in [1.807, 2.05) is 24.3 Å². The lowest BCUT2D eigenvalue weighted by Gasteiger charge is -2.59. The third-order valence-electron chi connectivity index (χ3n) is 7.86. The van der Waals surface area contributed by atoms with E-state index in [4.69, 9.17) is 0 Å². The average Bonchev–Trinajstić information content (AvgIpc) is 3.06. The van der Waals surface area contributed by atoms with Crippen molar-refractivity contribution >= 4 is 17.5 Å². The van der Waals surface area contributed by atoms with E-state index in [9.17, 15) is 9.59 Å². The summed E-state index contributed by atoms with van der Waals surface area (Å²) in [5, 5.41) is 3.35. The lowest BCUT2D eigenvalue weighted by Crippen LogP contribution is -2.55. The number of nitrogens with zero attached hydrogens (tertiary/aromatic N) is 1. The van der Waals surface area contributed by atoms with Crippen LogP contribution in [0, 0.1) is 23.2 Å². The molecule has 0 radical (unpaired) electrons. The molecule has 4 saturated carbocycles. The van der Waals surface area contributed by atoms with Gasteiger partial charge in [-0.05, 0) is 87.2 Å². The van der Waals surface area contributed by atoms with Crippen LogP contribution in [0.1, 0.15) is 68.6 Å². The van der Waals surface area contributed by atoms with Crippen LogP contribution in [0.25, 0.3) is 0 Å². The van der Waals surface area contributed by atoms with Gasteiger partial charge in [0.15, 0.2) is 0 Å². The second kappa shape index (κ2) is 6.35. The van der Waals surface area contributed by atoms with Crippen LogP contribution in [0.3, 0.4) is 0 Å². The zero-order chi connectivity index (χ0) is 18.6. The molecule has 1 aliphatic heterocycles. The van der Waals surface area contributed by atoms with E-state index in [1.54, 1.807) is 4.90 Å². The van der Waals surface area contributed by atoms with Crippen molar-refractivity contribution in [3.05, 3.63) is 29.8 Å². The Hall–Kier alpha value is -1.84. The Balaban J connectivity index is 1.36. The third kappa shape index (κ3) is 2.88. The number of carbonyl (C=O) groups is 2. The molecule has 1 aromatic rings. The maximum atomic E-state index is 13.2. The van der Waals surface area contributed by atoms with Gasteiger partial charge in [0.1, 0.15) is 0 Å². The predicted octanol–water partition coefficient (Wildman–Crippen LogP) is 4.15. The molecular weight excluding hydrogens is 336 g/mol. The summed E-state index contributed by atoms with van der Waals surface area (Å²) in [7, 11) is 0. The van der Waals surface area contributed by atoms with Gasteiger partial charge in [-0.1, -0.05) is 12.1 Å². The van der Waals surface area contributed by atoms with E-state index in [-0.39, 0.29) is 17.9 Å². The largest absolute Gasteiger partial charge is 0.349 e. The molecule has 6 rings (SSSR count). The fourth-order valence-corrected chi connectivity index (χ4v) is 6.94. The maximum Gasteiger partial charge on any atom is 0.253 e. The fraction of sp³-hybridized carbons (Fsp3) is 0.652. The topological polar surface area (TPSA) is 49.4 Å². The molecule has 4 heteroatoms. The number of rotatable bonds is 4. The van der Waals surface area contributed by atoms with Crippen LogP contribution in [0.15, 0.2) is 24.3 Å². The Bertz CT molecular complexity index is 736. The number of amides is 2. The van der Waals surface area contributed by atoms with Crippen molar-refractivity contribution in [2.24, 2.45) is 23.2 Å². The number of hydrogen-bond acceptors (Lipinski definition) is 2. The van der Waals surface area contributed by atoms with Crippen molar-refractivity contribution in [2.45, 2.75) is 64.3 Å². The summed E-state index contributed by atoms with van der Waals surface area (Å²) >= 11 is 0. The Morgan fingerprint density at radius 3 is 2.33 bits per heavy atom. The number of carbonyl (C=O) groups excluding carboxylic acids is 2. The summed E-state index contributed by atoms with van der Waals surface area (Å²) in [5.41, 5.74) is 1.71. The van der Waals surface area contributed by atoms with E-state index >= 15 is 0 Å². The molecule has 144 valence electrons. The number of para-hydroxylation sites is 1. The van der Waals surface area contributed by atoms with Gasteiger partial charge < -0.3 is 10.2 Å². The molecule has 5 aliphatic rings. The average molecular weight is 367 g/mol. The fourth-order valence-electron chi connectivity index (χ4n) is 6.94. The monoisotopic (exact) mass is 366 g/mol. The Morgan fingerprint density at radius 1 is 1.11 bits per heavy atom. The third-order valence-corrected chi connectivity index (χ3v) is 7.86. The number of benzene rings is 1. The van der Waals surface area contributed by atoms with Crippen molar-refractivity contribution in [3.63, 3.8) is 0 Å². The van der Waals surface area contributed by atoms with Crippen LogP contribution >= 0.6 is 0 Å². The van der Waals surface area contributed by atoms with Gasteiger partial charge in [-0.3, -0.25) is 9.59 Å². The minimum absolute atomic E-state index is 0.0199. The van der Waals surface area contributed by atoms with Crippen LogP contribution in [-0.2, 0) is 4.79 Å². The van der Waals surface area contributed by atoms with E-state index < -0.39 is 0 Å². The molecule has 1 heterocycles. The first kappa shape index (κ1) is 17.3. The summed E-state index contributed by atoms with van der Waals surface area (Å²) in [6.07, 6.45) is 9.56. The highest BCUT2D eigenvalue weighted by atomic mass is 16.2. The second-order valence-electron chi connectivity index (χ2n) is 9.64. The Morgan fingerprint density at radius 2 is 1.74 bits per heavy atom. The van der Waals surface area contributed by atoms with Crippen molar-refractivity contribution < 1.29 is 9.59 Å². The van der Waals surface area contributed by atoms with Crippen LogP contribution in [0.5, 0.6) is 0 Å². The Kier molecular flexibility index (Phi) is 4.06. The molecule has 4 bridgehead atoms. The van der Waals surface area contributed by atoms with Crippen molar-refractivity contribution in [1.29, 1.82) is 0 Å². The summed E-state index contributed by atoms with van der Waals surface area (Å²) < 4.78 is 0. The molecule has 5 fully saturated rings. The van der Waals surface area contributed by atoms with Gasteiger partial charge in [-0.25, -0.2) is 0 Å². The smallest absolute Gasteiger partial charge is 0.253 e. The summed E-state index contributed by atoms with van der Waals surface area (Å²) in [4.78, 5) is 27.2.